The SMILES string of the molecule is CC(C)CNC(=O)CNC(=O)c1cnccc1NN. The molecule has 0 aliphatic heterocycles. The molecule has 5 N–H and O–H groups in total. The summed E-state index contributed by atoms with van der Waals surface area (Å²) in [6.45, 7) is 4.49. The Hall–Kier alpha value is -2.15. The van der Waals surface area contributed by atoms with Crippen molar-refractivity contribution in [2.45, 2.75) is 13.8 Å². The molecule has 0 atom stereocenters. The molecule has 0 bridgehead atoms. The number of carbonyl (C=O) groups excluding carboxylic acids is 2. The average Bonchev–Trinajstić information content (AvgIpc) is 2.42. The van der Waals surface area contributed by atoms with Crippen LogP contribution in [0.15, 0.2) is 18.5 Å². The van der Waals surface area contributed by atoms with Crippen molar-refractivity contribution in [3.05, 3.63) is 24.0 Å². The quantitative estimate of drug-likeness (QED) is 0.423. The topological polar surface area (TPSA) is 109 Å². The number of rotatable bonds is 6. The molecule has 0 aliphatic rings. The minimum Gasteiger partial charge on any atom is -0.354 e. The molecule has 0 fully saturated rings. The number of carbonyl (C=O) groups is 2. The van der Waals surface area contributed by atoms with Crippen LogP contribution in [-0.4, -0.2) is 29.9 Å². The highest BCUT2D eigenvalue weighted by Gasteiger charge is 2.12. The summed E-state index contributed by atoms with van der Waals surface area (Å²) in [4.78, 5) is 27.1. The van der Waals surface area contributed by atoms with E-state index in [0.717, 1.165) is 0 Å². The van der Waals surface area contributed by atoms with E-state index in [9.17, 15) is 9.59 Å². The van der Waals surface area contributed by atoms with Crippen LogP contribution in [0.4, 0.5) is 5.69 Å². The Balaban J connectivity index is 2.49. The first kappa shape index (κ1) is 14.9. The summed E-state index contributed by atoms with van der Waals surface area (Å²) in [5, 5.41) is 5.22. The van der Waals surface area contributed by atoms with E-state index < -0.39 is 5.91 Å². The van der Waals surface area contributed by atoms with Gasteiger partial charge < -0.3 is 16.1 Å². The summed E-state index contributed by atoms with van der Waals surface area (Å²) in [5.74, 6) is 5.02. The van der Waals surface area contributed by atoms with E-state index in [-0.39, 0.29) is 12.5 Å². The van der Waals surface area contributed by atoms with E-state index in [1.807, 2.05) is 13.8 Å². The van der Waals surface area contributed by atoms with Gasteiger partial charge in [-0.3, -0.25) is 20.4 Å². The third kappa shape index (κ3) is 4.92. The van der Waals surface area contributed by atoms with E-state index in [4.69, 9.17) is 5.84 Å². The van der Waals surface area contributed by atoms with Crippen LogP contribution in [0.2, 0.25) is 0 Å². The maximum absolute atomic E-state index is 11.8. The molecule has 0 saturated heterocycles. The zero-order chi connectivity index (χ0) is 14.3. The Morgan fingerprint density at radius 1 is 1.37 bits per heavy atom. The van der Waals surface area contributed by atoms with Crippen molar-refractivity contribution in [2.75, 3.05) is 18.5 Å². The van der Waals surface area contributed by atoms with Crippen molar-refractivity contribution in [3.63, 3.8) is 0 Å². The molecule has 1 aromatic rings. The van der Waals surface area contributed by atoms with Gasteiger partial charge in [-0.15, -0.1) is 0 Å². The van der Waals surface area contributed by atoms with Gasteiger partial charge in [-0.2, -0.15) is 0 Å². The van der Waals surface area contributed by atoms with Crippen molar-refractivity contribution in [2.24, 2.45) is 11.8 Å². The van der Waals surface area contributed by atoms with E-state index in [1.165, 1.54) is 12.4 Å². The normalized spacial score (nSPS) is 10.1. The van der Waals surface area contributed by atoms with Gasteiger partial charge in [0.2, 0.25) is 5.91 Å². The Labute approximate surface area is 111 Å². The molecule has 2 amide bonds. The molecular formula is C12H19N5O2. The fourth-order valence-corrected chi connectivity index (χ4v) is 1.34. The summed E-state index contributed by atoms with van der Waals surface area (Å²) in [6.07, 6.45) is 2.90. The molecule has 0 aliphatic carbocycles. The first-order valence-corrected chi connectivity index (χ1v) is 6.00. The van der Waals surface area contributed by atoms with Gasteiger partial charge in [0.1, 0.15) is 0 Å². The molecular weight excluding hydrogens is 246 g/mol. The van der Waals surface area contributed by atoms with Gasteiger partial charge >= 0.3 is 0 Å². The summed E-state index contributed by atoms with van der Waals surface area (Å²) in [5.41, 5.74) is 3.15. The maximum Gasteiger partial charge on any atom is 0.255 e. The third-order valence-electron chi connectivity index (χ3n) is 2.34. The molecule has 7 nitrogen and oxygen atoms in total. The molecule has 0 aromatic carbocycles. The number of nitrogens with two attached hydrogens (primary N) is 1. The standard InChI is InChI=1S/C12H19N5O2/c1-8(2)5-15-11(18)7-16-12(19)9-6-14-4-3-10(9)17-13/h3-4,6,8H,5,7,13H2,1-2H3,(H,14,17)(H,15,18)(H,16,19). The molecule has 104 valence electrons. The number of hydrogen-bond acceptors (Lipinski definition) is 5. The van der Waals surface area contributed by atoms with Gasteiger partial charge in [0.25, 0.3) is 5.91 Å². The summed E-state index contributed by atoms with van der Waals surface area (Å²) in [6, 6.07) is 1.58. The van der Waals surface area contributed by atoms with Crippen LogP contribution >= 0.6 is 0 Å². The first-order valence-electron chi connectivity index (χ1n) is 6.00. The molecule has 1 rings (SSSR count). The van der Waals surface area contributed by atoms with Crippen LogP contribution in [0.1, 0.15) is 24.2 Å². The Kier molecular flexibility index (Phi) is 5.74. The van der Waals surface area contributed by atoms with Crippen molar-refractivity contribution in [1.82, 2.24) is 15.6 Å². The smallest absolute Gasteiger partial charge is 0.255 e. The Morgan fingerprint density at radius 2 is 2.11 bits per heavy atom. The highest BCUT2D eigenvalue weighted by molar-refractivity contribution is 6.00. The molecule has 19 heavy (non-hydrogen) atoms. The third-order valence-corrected chi connectivity index (χ3v) is 2.34. The van der Waals surface area contributed by atoms with Crippen molar-refractivity contribution in [1.29, 1.82) is 0 Å². The first-order chi connectivity index (χ1) is 9.04. The van der Waals surface area contributed by atoms with Gasteiger partial charge in [0.05, 0.1) is 17.8 Å². The second-order valence-electron chi connectivity index (χ2n) is 4.45. The molecule has 1 aromatic heterocycles. The van der Waals surface area contributed by atoms with E-state index in [1.54, 1.807) is 6.07 Å². The number of nitrogens with zero attached hydrogens (tertiary/aromatic N) is 1. The molecule has 0 spiro atoms. The van der Waals surface area contributed by atoms with E-state index in [0.29, 0.717) is 23.7 Å². The number of aromatic nitrogens is 1. The van der Waals surface area contributed by atoms with Gasteiger partial charge in [0, 0.05) is 18.9 Å². The zero-order valence-electron chi connectivity index (χ0n) is 11.1. The largest absolute Gasteiger partial charge is 0.354 e. The van der Waals surface area contributed by atoms with Crippen LogP contribution in [0, 0.1) is 5.92 Å². The number of anilines is 1. The number of nitrogen functional groups attached to an aromatic ring is 1. The highest BCUT2D eigenvalue weighted by atomic mass is 16.2. The molecule has 0 saturated carbocycles. The van der Waals surface area contributed by atoms with Gasteiger partial charge in [-0.25, -0.2) is 0 Å². The summed E-state index contributed by atoms with van der Waals surface area (Å²) >= 11 is 0. The highest BCUT2D eigenvalue weighted by Crippen LogP contribution is 2.10. The lowest BCUT2D eigenvalue weighted by Gasteiger charge is -2.10. The Bertz CT molecular complexity index is 448. The van der Waals surface area contributed by atoms with E-state index in [2.05, 4.69) is 21.0 Å². The fourth-order valence-electron chi connectivity index (χ4n) is 1.34. The van der Waals surface area contributed by atoms with Crippen molar-refractivity contribution >= 4 is 17.5 Å². The van der Waals surface area contributed by atoms with Gasteiger partial charge in [-0.1, -0.05) is 13.8 Å². The van der Waals surface area contributed by atoms with Crippen molar-refractivity contribution < 1.29 is 9.59 Å². The lowest BCUT2D eigenvalue weighted by molar-refractivity contribution is -0.120. The van der Waals surface area contributed by atoms with Crippen LogP contribution in [0.25, 0.3) is 0 Å². The van der Waals surface area contributed by atoms with Crippen LogP contribution < -0.4 is 21.9 Å². The second kappa shape index (κ2) is 7.32. The minimum absolute atomic E-state index is 0.0789. The number of hydrogen-bond donors (Lipinski definition) is 4. The maximum atomic E-state index is 11.8. The number of pyridine rings is 1. The predicted molar refractivity (Wildman–Crippen MR) is 72.2 cm³/mol. The number of nitrogens with one attached hydrogen (secondary N) is 3. The number of amides is 2. The monoisotopic (exact) mass is 265 g/mol. The van der Waals surface area contributed by atoms with Crippen LogP contribution in [0.5, 0.6) is 0 Å². The van der Waals surface area contributed by atoms with E-state index >= 15 is 0 Å². The molecule has 0 radical (unpaired) electrons. The molecule has 1 heterocycles. The lowest BCUT2D eigenvalue weighted by atomic mass is 10.2. The second-order valence-corrected chi connectivity index (χ2v) is 4.45. The van der Waals surface area contributed by atoms with Crippen LogP contribution in [0.3, 0.4) is 0 Å². The molecule has 0 unspecified atom stereocenters. The zero-order valence-corrected chi connectivity index (χ0v) is 11.1. The molecule has 7 heteroatoms. The van der Waals surface area contributed by atoms with Crippen molar-refractivity contribution in [3.8, 4) is 0 Å². The lowest BCUT2D eigenvalue weighted by Crippen LogP contribution is -2.38. The minimum atomic E-state index is -0.402. The van der Waals surface area contributed by atoms with Gasteiger partial charge in [-0.05, 0) is 12.0 Å². The van der Waals surface area contributed by atoms with Crippen LogP contribution in [-0.2, 0) is 4.79 Å². The number of hydrazine groups is 1. The predicted octanol–water partition coefficient (Wildman–Crippen LogP) is -0.131. The summed E-state index contributed by atoms with van der Waals surface area (Å²) in [7, 11) is 0. The summed E-state index contributed by atoms with van der Waals surface area (Å²) < 4.78 is 0. The Morgan fingerprint density at radius 3 is 2.74 bits per heavy atom. The average molecular weight is 265 g/mol. The fraction of sp³-hybridized carbons (Fsp3) is 0.417. The van der Waals surface area contributed by atoms with Gasteiger partial charge in [0.15, 0.2) is 0 Å².